The van der Waals surface area contributed by atoms with Crippen molar-refractivity contribution in [3.05, 3.63) is 53.0 Å². The van der Waals surface area contributed by atoms with Crippen LogP contribution >= 0.6 is 12.2 Å². The van der Waals surface area contributed by atoms with Crippen molar-refractivity contribution in [2.75, 3.05) is 6.54 Å². The van der Waals surface area contributed by atoms with E-state index in [9.17, 15) is 9.59 Å². The van der Waals surface area contributed by atoms with E-state index in [0.717, 1.165) is 30.0 Å². The van der Waals surface area contributed by atoms with Crippen molar-refractivity contribution < 1.29 is 14.0 Å². The van der Waals surface area contributed by atoms with Gasteiger partial charge in [0.2, 0.25) is 11.8 Å². The fourth-order valence-corrected chi connectivity index (χ4v) is 4.36. The van der Waals surface area contributed by atoms with Gasteiger partial charge in [-0.3, -0.25) is 14.6 Å². The zero-order valence-corrected chi connectivity index (χ0v) is 18.4. The van der Waals surface area contributed by atoms with Gasteiger partial charge < -0.3 is 20.8 Å². The number of hydrogen-bond donors (Lipinski definition) is 4. The predicted molar refractivity (Wildman–Crippen MR) is 121 cm³/mol. The molecule has 2 aromatic heterocycles. The van der Waals surface area contributed by atoms with Crippen molar-refractivity contribution in [1.29, 1.82) is 0 Å². The van der Waals surface area contributed by atoms with Crippen molar-refractivity contribution in [2.24, 2.45) is 5.73 Å². The third-order valence-electron chi connectivity index (χ3n) is 5.82. The number of carbonyl (C=O) groups is 2. The Hall–Kier alpha value is -3.11. The number of rotatable bonds is 8. The second-order valence-corrected chi connectivity index (χ2v) is 8.31. The molecule has 1 unspecified atom stereocenters. The van der Waals surface area contributed by atoms with Gasteiger partial charge in [0.1, 0.15) is 11.7 Å². The number of hydrogen-bond acceptors (Lipinski definition) is 7. The summed E-state index contributed by atoms with van der Waals surface area (Å²) in [7, 11) is 0. The molecule has 5 N–H and O–H groups in total. The molecule has 1 fully saturated rings. The highest BCUT2D eigenvalue weighted by atomic mass is 32.1. The van der Waals surface area contributed by atoms with Crippen molar-refractivity contribution in [2.45, 2.75) is 50.1 Å². The van der Waals surface area contributed by atoms with Crippen LogP contribution in [0.1, 0.15) is 54.4 Å². The molecule has 0 bridgehead atoms. The van der Waals surface area contributed by atoms with Crippen molar-refractivity contribution in [1.82, 2.24) is 25.8 Å². The van der Waals surface area contributed by atoms with Gasteiger partial charge in [-0.25, -0.2) is 5.10 Å². The van der Waals surface area contributed by atoms with Crippen LogP contribution in [-0.4, -0.2) is 45.6 Å². The number of nitrogens with two attached hydrogens (primary N) is 1. The van der Waals surface area contributed by atoms with Crippen molar-refractivity contribution >= 4 is 34.8 Å². The largest absolute Gasteiger partial charge is 0.414 e. The van der Waals surface area contributed by atoms with Gasteiger partial charge in [0.05, 0.1) is 5.92 Å². The number of nitrogens with zero attached hydrogens (tertiary/aromatic N) is 2. The summed E-state index contributed by atoms with van der Waals surface area (Å²) in [5.41, 5.74) is 5.96. The fraction of sp³-hybridized carbons (Fsp3) is 0.409. The maximum atomic E-state index is 13.2. The summed E-state index contributed by atoms with van der Waals surface area (Å²) in [4.78, 5) is 30.7. The number of aromatic amines is 1. The summed E-state index contributed by atoms with van der Waals surface area (Å²) in [6, 6.07) is 8.50. The molecule has 4 rings (SSSR count). The van der Waals surface area contributed by atoms with Gasteiger partial charge >= 0.3 is 0 Å². The second kappa shape index (κ2) is 10.0. The van der Waals surface area contributed by atoms with E-state index in [1.807, 2.05) is 30.3 Å². The van der Waals surface area contributed by atoms with Crippen LogP contribution in [0.2, 0.25) is 0 Å². The highest BCUT2D eigenvalue weighted by Crippen LogP contribution is 2.33. The van der Waals surface area contributed by atoms with Gasteiger partial charge in [0, 0.05) is 17.6 Å². The van der Waals surface area contributed by atoms with Crippen LogP contribution in [-0.2, 0) is 4.79 Å². The molecule has 1 aliphatic rings. The van der Waals surface area contributed by atoms with E-state index >= 15 is 0 Å². The summed E-state index contributed by atoms with van der Waals surface area (Å²) in [5.74, 6) is -0.198. The zero-order valence-electron chi connectivity index (χ0n) is 17.5. The van der Waals surface area contributed by atoms with E-state index in [1.165, 1.54) is 0 Å². The highest BCUT2D eigenvalue weighted by molar-refractivity contribution is 7.71. The second-order valence-electron chi connectivity index (χ2n) is 7.94. The molecule has 32 heavy (non-hydrogen) atoms. The highest BCUT2D eigenvalue weighted by Gasteiger charge is 2.35. The molecule has 0 spiro atoms. The fourth-order valence-electron chi connectivity index (χ4n) is 4.23. The Morgan fingerprint density at radius 2 is 2.12 bits per heavy atom. The lowest BCUT2D eigenvalue weighted by Gasteiger charge is -2.23. The molecule has 0 radical (unpaired) electrons. The smallest absolute Gasteiger partial charge is 0.284 e. The first kappa shape index (κ1) is 22.1. The van der Waals surface area contributed by atoms with Crippen LogP contribution in [0.25, 0.3) is 10.8 Å². The topological polar surface area (TPSA) is 139 Å². The minimum absolute atomic E-state index is 0.0579. The summed E-state index contributed by atoms with van der Waals surface area (Å²) < 4.78 is 5.47. The number of fused-ring (bicyclic) bond motifs is 1. The lowest BCUT2D eigenvalue weighted by Crippen LogP contribution is -2.50. The van der Waals surface area contributed by atoms with E-state index in [4.69, 9.17) is 22.4 Å². The average molecular weight is 455 g/mol. The molecule has 3 atom stereocenters. The minimum Gasteiger partial charge on any atom is -0.414 e. The van der Waals surface area contributed by atoms with E-state index in [-0.39, 0.29) is 28.6 Å². The summed E-state index contributed by atoms with van der Waals surface area (Å²) >= 11 is 4.97. The Labute approximate surface area is 190 Å². The standard InChI is InChI=1S/C22H26N6O3S/c23-11-4-9-17(26-20(30)18-14-6-2-1-5-13(14)10-12-24-18)19(29)25-16-8-3-7-15(16)21-27-28-22(32)31-21/h1-2,5-6,10,12,15-17H,3-4,7-9,11,23H2,(H,25,29)(H,26,30)(H,28,32)/t15-,16?,17+/m1/s1. The average Bonchev–Trinajstić information content (AvgIpc) is 3.44. The zero-order chi connectivity index (χ0) is 22.5. The van der Waals surface area contributed by atoms with E-state index in [1.54, 1.807) is 6.20 Å². The van der Waals surface area contributed by atoms with Crippen molar-refractivity contribution in [3.8, 4) is 0 Å². The first-order valence-electron chi connectivity index (χ1n) is 10.8. The molecule has 2 amide bonds. The van der Waals surface area contributed by atoms with Gasteiger partial charge in [-0.2, -0.15) is 0 Å². The van der Waals surface area contributed by atoms with Crippen LogP contribution in [0.3, 0.4) is 0 Å². The maximum Gasteiger partial charge on any atom is 0.284 e. The Morgan fingerprint density at radius 3 is 2.91 bits per heavy atom. The molecule has 1 aliphatic carbocycles. The van der Waals surface area contributed by atoms with E-state index < -0.39 is 6.04 Å². The first-order valence-corrected chi connectivity index (χ1v) is 11.2. The third kappa shape index (κ3) is 4.86. The van der Waals surface area contributed by atoms with Gasteiger partial charge in [0.25, 0.3) is 10.7 Å². The number of nitrogens with one attached hydrogen (secondary N) is 3. The van der Waals surface area contributed by atoms with Gasteiger partial charge in [-0.05, 0) is 55.9 Å². The lowest BCUT2D eigenvalue weighted by atomic mass is 10.0. The number of carbonyl (C=O) groups excluding carboxylic acids is 2. The van der Waals surface area contributed by atoms with Gasteiger partial charge in [-0.15, -0.1) is 5.10 Å². The predicted octanol–water partition coefficient (Wildman–Crippen LogP) is 2.57. The normalized spacial score (nSPS) is 19.0. The number of pyridine rings is 1. The van der Waals surface area contributed by atoms with Gasteiger partial charge in [-0.1, -0.05) is 30.7 Å². The van der Waals surface area contributed by atoms with E-state index in [0.29, 0.717) is 31.0 Å². The molecule has 168 valence electrons. The Balaban J connectivity index is 1.49. The van der Waals surface area contributed by atoms with Gasteiger partial charge in [0.15, 0.2) is 0 Å². The van der Waals surface area contributed by atoms with Crippen LogP contribution in [0.4, 0.5) is 0 Å². The molecular weight excluding hydrogens is 428 g/mol. The van der Waals surface area contributed by atoms with Crippen molar-refractivity contribution in [3.63, 3.8) is 0 Å². The molecule has 0 aliphatic heterocycles. The van der Waals surface area contributed by atoms with E-state index in [2.05, 4.69) is 25.8 Å². The molecule has 10 heteroatoms. The number of H-pyrrole nitrogens is 1. The summed E-state index contributed by atoms with van der Waals surface area (Å²) in [6.07, 6.45) is 5.20. The van der Waals surface area contributed by atoms with Crippen LogP contribution < -0.4 is 16.4 Å². The first-order chi connectivity index (χ1) is 15.6. The summed E-state index contributed by atoms with van der Waals surface area (Å²) in [6.45, 7) is 0.423. The molecule has 9 nitrogen and oxygen atoms in total. The lowest BCUT2D eigenvalue weighted by molar-refractivity contribution is -0.124. The number of amides is 2. The molecule has 2 heterocycles. The van der Waals surface area contributed by atoms with Crippen LogP contribution in [0, 0.1) is 4.84 Å². The molecule has 1 aromatic carbocycles. The Morgan fingerprint density at radius 1 is 1.28 bits per heavy atom. The third-order valence-corrected chi connectivity index (χ3v) is 6.00. The van der Waals surface area contributed by atoms with Crippen LogP contribution in [0.5, 0.6) is 0 Å². The SMILES string of the molecule is NCCC[C@H](NC(=O)c1nccc2ccccc12)C(=O)NC1CCC[C@H]1c1n[nH]c(=S)o1. The number of aromatic nitrogens is 3. The minimum atomic E-state index is -0.723. The monoisotopic (exact) mass is 454 g/mol. The quantitative estimate of drug-likeness (QED) is 0.384. The maximum absolute atomic E-state index is 13.2. The molecule has 1 saturated carbocycles. The Bertz CT molecular complexity index is 1150. The van der Waals surface area contributed by atoms with Crippen LogP contribution in [0.15, 0.2) is 40.9 Å². The number of benzene rings is 1. The molecule has 0 saturated heterocycles. The summed E-state index contributed by atoms with van der Waals surface area (Å²) in [5, 5.41) is 14.3. The molecule has 3 aromatic rings. The Kier molecular flexibility index (Phi) is 6.91. The molecular formula is C22H26N6O3S.